The number of rotatable bonds is 2. The zero-order chi connectivity index (χ0) is 12.7. The molecular weight excluding hydrogens is 249 g/mol. The van der Waals surface area contributed by atoms with Gasteiger partial charge in [-0.25, -0.2) is 0 Å². The monoisotopic (exact) mass is 265 g/mol. The van der Waals surface area contributed by atoms with Crippen LogP contribution >= 0.6 is 0 Å². The summed E-state index contributed by atoms with van der Waals surface area (Å²) < 4.78 is 39.2. The number of carbonyl (C=O) groups excluding carboxylic acids is 1. The van der Waals surface area contributed by atoms with Crippen LogP contribution in [0, 0.1) is 5.41 Å². The molecule has 2 fully saturated rings. The standard InChI is InChI=1S/C10H16FNO4S/c1-12-4-2-10(3-5-12)6-9(13)16-8(10)7-17(11,14)15/h8H,2-7H2,1H3. The molecule has 1 unspecified atom stereocenters. The third kappa shape index (κ3) is 2.77. The number of hydrogen-bond donors (Lipinski definition) is 0. The van der Waals surface area contributed by atoms with E-state index in [1.165, 1.54) is 0 Å². The highest BCUT2D eigenvalue weighted by molar-refractivity contribution is 7.86. The van der Waals surface area contributed by atoms with Crippen LogP contribution in [0.15, 0.2) is 0 Å². The summed E-state index contributed by atoms with van der Waals surface area (Å²) in [5.41, 5.74) is -0.483. The van der Waals surface area contributed by atoms with E-state index in [1.54, 1.807) is 0 Å². The van der Waals surface area contributed by atoms with E-state index in [-0.39, 0.29) is 6.42 Å². The quantitative estimate of drug-likeness (QED) is 0.531. The number of nitrogens with zero attached hydrogens (tertiary/aromatic N) is 1. The summed E-state index contributed by atoms with van der Waals surface area (Å²) in [5, 5.41) is 0. The van der Waals surface area contributed by atoms with Crippen LogP contribution in [0.1, 0.15) is 19.3 Å². The molecule has 0 aromatic heterocycles. The predicted octanol–water partition coefficient (Wildman–Crippen LogP) is 0.313. The Balaban J connectivity index is 2.16. The normalized spacial score (nSPS) is 29.5. The topological polar surface area (TPSA) is 63.7 Å². The molecule has 2 rings (SSSR count). The highest BCUT2D eigenvalue weighted by Crippen LogP contribution is 2.45. The molecule has 0 amide bonds. The number of esters is 1. The second kappa shape index (κ2) is 4.20. The van der Waals surface area contributed by atoms with E-state index in [2.05, 4.69) is 4.90 Å². The van der Waals surface area contributed by atoms with Gasteiger partial charge in [0.25, 0.3) is 0 Å². The minimum Gasteiger partial charge on any atom is -0.461 e. The smallest absolute Gasteiger partial charge is 0.306 e. The highest BCUT2D eigenvalue weighted by Gasteiger charge is 2.51. The van der Waals surface area contributed by atoms with E-state index in [9.17, 15) is 17.1 Å². The molecule has 2 aliphatic heterocycles. The van der Waals surface area contributed by atoms with Gasteiger partial charge in [-0.05, 0) is 33.0 Å². The van der Waals surface area contributed by atoms with Crippen molar-refractivity contribution in [3.8, 4) is 0 Å². The molecule has 17 heavy (non-hydrogen) atoms. The Bertz CT molecular complexity index is 414. The number of ether oxygens (including phenoxy) is 1. The summed E-state index contributed by atoms with van der Waals surface area (Å²) in [6.45, 7) is 1.55. The van der Waals surface area contributed by atoms with Crippen molar-refractivity contribution >= 4 is 16.2 Å². The van der Waals surface area contributed by atoms with Crippen LogP contribution in [-0.2, 0) is 19.8 Å². The Morgan fingerprint density at radius 3 is 2.59 bits per heavy atom. The number of hydrogen-bond acceptors (Lipinski definition) is 5. The Hall–Kier alpha value is -0.690. The molecule has 0 saturated carbocycles. The van der Waals surface area contributed by atoms with Crippen molar-refractivity contribution in [3.05, 3.63) is 0 Å². The Labute approximate surface area is 100 Å². The van der Waals surface area contributed by atoms with Crippen LogP contribution < -0.4 is 0 Å². The SMILES string of the molecule is CN1CCC2(CC1)CC(=O)OC2CS(=O)(=O)F. The lowest BCUT2D eigenvalue weighted by Gasteiger charge is -2.39. The number of carbonyl (C=O) groups is 1. The summed E-state index contributed by atoms with van der Waals surface area (Å²) in [6.07, 6.45) is 0.741. The molecule has 5 nitrogen and oxygen atoms in total. The summed E-state index contributed by atoms with van der Waals surface area (Å²) >= 11 is 0. The van der Waals surface area contributed by atoms with Gasteiger partial charge < -0.3 is 9.64 Å². The zero-order valence-corrected chi connectivity index (χ0v) is 10.5. The first kappa shape index (κ1) is 12.8. The molecule has 0 aliphatic carbocycles. The molecule has 2 saturated heterocycles. The van der Waals surface area contributed by atoms with Crippen LogP contribution in [0.5, 0.6) is 0 Å². The van der Waals surface area contributed by atoms with Crippen molar-refractivity contribution in [2.45, 2.75) is 25.4 Å². The predicted molar refractivity (Wildman–Crippen MR) is 58.6 cm³/mol. The molecule has 2 aliphatic rings. The maximum Gasteiger partial charge on any atom is 0.306 e. The van der Waals surface area contributed by atoms with Crippen molar-refractivity contribution < 1.29 is 21.8 Å². The van der Waals surface area contributed by atoms with Gasteiger partial charge in [-0.3, -0.25) is 4.79 Å². The maximum absolute atomic E-state index is 12.8. The van der Waals surface area contributed by atoms with Crippen molar-refractivity contribution in [3.63, 3.8) is 0 Å². The van der Waals surface area contributed by atoms with Crippen molar-refractivity contribution in [1.29, 1.82) is 0 Å². The van der Waals surface area contributed by atoms with E-state index in [0.717, 1.165) is 13.1 Å². The molecule has 1 spiro atoms. The fourth-order valence-electron chi connectivity index (χ4n) is 2.68. The molecule has 0 bridgehead atoms. The van der Waals surface area contributed by atoms with Crippen molar-refractivity contribution in [1.82, 2.24) is 4.90 Å². The van der Waals surface area contributed by atoms with Gasteiger partial charge in [0.2, 0.25) is 0 Å². The summed E-state index contributed by atoms with van der Waals surface area (Å²) in [4.78, 5) is 13.4. The fraction of sp³-hybridized carbons (Fsp3) is 0.900. The number of likely N-dealkylation sites (tertiary alicyclic amines) is 1. The highest BCUT2D eigenvalue weighted by atomic mass is 32.3. The second-order valence-corrected chi connectivity index (χ2v) is 6.44. The van der Waals surface area contributed by atoms with E-state index in [1.807, 2.05) is 7.05 Å². The minimum atomic E-state index is -4.61. The fourth-order valence-corrected chi connectivity index (χ4v) is 3.46. The van der Waals surface area contributed by atoms with Crippen LogP contribution in [0.2, 0.25) is 0 Å². The third-order valence-corrected chi connectivity index (χ3v) is 4.49. The average Bonchev–Trinajstić information content (AvgIpc) is 2.46. The lowest BCUT2D eigenvalue weighted by atomic mass is 9.73. The summed E-state index contributed by atoms with van der Waals surface area (Å²) in [6, 6.07) is 0. The third-order valence-electron chi connectivity index (χ3n) is 3.79. The Morgan fingerprint density at radius 1 is 1.47 bits per heavy atom. The maximum atomic E-state index is 12.8. The molecule has 0 aromatic rings. The molecule has 2 heterocycles. The van der Waals surface area contributed by atoms with Crippen molar-refractivity contribution in [2.75, 3.05) is 25.9 Å². The number of halogens is 1. The average molecular weight is 265 g/mol. The van der Waals surface area contributed by atoms with Gasteiger partial charge in [0, 0.05) is 5.41 Å². The molecule has 0 aromatic carbocycles. The molecule has 7 heteroatoms. The lowest BCUT2D eigenvalue weighted by molar-refractivity contribution is -0.141. The first-order valence-electron chi connectivity index (χ1n) is 5.61. The Kier molecular flexibility index (Phi) is 3.15. The lowest BCUT2D eigenvalue weighted by Crippen LogP contribution is -2.44. The van der Waals surface area contributed by atoms with E-state index >= 15 is 0 Å². The second-order valence-electron chi connectivity index (χ2n) is 5.03. The largest absolute Gasteiger partial charge is 0.461 e. The molecule has 0 radical (unpaired) electrons. The van der Waals surface area contributed by atoms with E-state index in [0.29, 0.717) is 12.8 Å². The molecule has 0 N–H and O–H groups in total. The van der Waals surface area contributed by atoms with Gasteiger partial charge in [-0.15, -0.1) is 3.89 Å². The number of cyclic esters (lactones) is 1. The van der Waals surface area contributed by atoms with Crippen LogP contribution in [0.3, 0.4) is 0 Å². The van der Waals surface area contributed by atoms with Crippen LogP contribution in [0.4, 0.5) is 3.89 Å². The van der Waals surface area contributed by atoms with Crippen LogP contribution in [-0.4, -0.2) is 51.3 Å². The van der Waals surface area contributed by atoms with Gasteiger partial charge in [0.15, 0.2) is 0 Å². The number of piperidine rings is 1. The first-order chi connectivity index (χ1) is 7.81. The van der Waals surface area contributed by atoms with Crippen LogP contribution in [0.25, 0.3) is 0 Å². The first-order valence-corrected chi connectivity index (χ1v) is 7.16. The Morgan fingerprint density at radius 2 is 2.06 bits per heavy atom. The van der Waals surface area contributed by atoms with Gasteiger partial charge in [-0.1, -0.05) is 0 Å². The summed E-state index contributed by atoms with van der Waals surface area (Å²) in [5.74, 6) is -1.12. The van der Waals surface area contributed by atoms with Crippen molar-refractivity contribution in [2.24, 2.45) is 5.41 Å². The molecule has 1 atom stereocenters. The van der Waals surface area contributed by atoms with Gasteiger partial charge in [-0.2, -0.15) is 8.42 Å². The molecule has 98 valence electrons. The van der Waals surface area contributed by atoms with E-state index < -0.39 is 33.5 Å². The minimum absolute atomic E-state index is 0.209. The van der Waals surface area contributed by atoms with Gasteiger partial charge in [0.1, 0.15) is 11.9 Å². The summed E-state index contributed by atoms with van der Waals surface area (Å²) in [7, 11) is -2.65. The van der Waals surface area contributed by atoms with E-state index in [4.69, 9.17) is 4.74 Å². The van der Waals surface area contributed by atoms with Gasteiger partial charge in [0.05, 0.1) is 6.42 Å². The van der Waals surface area contributed by atoms with Gasteiger partial charge >= 0.3 is 16.2 Å². The molecular formula is C10H16FNO4S. The zero-order valence-electron chi connectivity index (χ0n) is 9.69.